The van der Waals surface area contributed by atoms with Crippen LogP contribution in [0.1, 0.15) is 15.9 Å². The summed E-state index contributed by atoms with van der Waals surface area (Å²) in [5, 5.41) is 2.75. The van der Waals surface area contributed by atoms with E-state index in [0.29, 0.717) is 16.7 Å². The second kappa shape index (κ2) is 7.19. The van der Waals surface area contributed by atoms with Crippen LogP contribution in [-0.4, -0.2) is 17.9 Å². The molecule has 0 heterocycles. The topological polar surface area (TPSA) is 72.2 Å². The van der Waals surface area contributed by atoms with E-state index >= 15 is 0 Å². The molecule has 0 radical (unpaired) electrons. The van der Waals surface area contributed by atoms with Crippen molar-refractivity contribution < 1.29 is 18.4 Å². The van der Waals surface area contributed by atoms with E-state index in [2.05, 4.69) is 5.32 Å². The molecular weight excluding hydrogens is 326 g/mol. The highest BCUT2D eigenvalue weighted by Crippen LogP contribution is 2.17. The maximum absolute atomic E-state index is 13.6. The summed E-state index contributed by atoms with van der Waals surface area (Å²) in [5.74, 6) is -3.48. The van der Waals surface area contributed by atoms with E-state index in [1.807, 2.05) is 0 Å². The molecule has 0 saturated heterocycles. The summed E-state index contributed by atoms with van der Waals surface area (Å²) < 4.78 is 26.5. The molecule has 1 atom stereocenters. The maximum Gasteiger partial charge on any atom is 0.254 e. The maximum atomic E-state index is 13.6. The molecule has 23 heavy (non-hydrogen) atoms. The fraction of sp³-hybridized carbons (Fsp3) is 0.125. The zero-order valence-electron chi connectivity index (χ0n) is 11.9. The number of benzene rings is 2. The molecule has 2 aromatic rings. The highest BCUT2D eigenvalue weighted by molar-refractivity contribution is 6.31. The van der Waals surface area contributed by atoms with Crippen LogP contribution in [0.5, 0.6) is 0 Å². The molecule has 2 amide bonds. The van der Waals surface area contributed by atoms with Gasteiger partial charge in [0.1, 0.15) is 17.7 Å². The van der Waals surface area contributed by atoms with Gasteiger partial charge in [-0.1, -0.05) is 29.8 Å². The Labute approximate surface area is 136 Å². The monoisotopic (exact) mass is 338 g/mol. The Morgan fingerprint density at radius 3 is 2.48 bits per heavy atom. The van der Waals surface area contributed by atoms with E-state index in [-0.39, 0.29) is 12.0 Å². The Balaban J connectivity index is 2.18. The predicted molar refractivity (Wildman–Crippen MR) is 82.0 cm³/mol. The first-order valence-electron chi connectivity index (χ1n) is 6.67. The average Bonchev–Trinajstić information content (AvgIpc) is 2.48. The predicted octanol–water partition coefficient (Wildman–Crippen LogP) is 2.44. The molecule has 0 fully saturated rings. The smallest absolute Gasteiger partial charge is 0.254 e. The Bertz CT molecular complexity index is 753. The number of carbonyl (C=O) groups is 2. The molecule has 2 rings (SSSR count). The fourth-order valence-electron chi connectivity index (χ4n) is 2.02. The number of hydrogen-bond acceptors (Lipinski definition) is 2. The van der Waals surface area contributed by atoms with Crippen LogP contribution >= 0.6 is 11.6 Å². The molecule has 0 aliphatic heterocycles. The van der Waals surface area contributed by atoms with Gasteiger partial charge in [0.25, 0.3) is 5.91 Å². The summed E-state index contributed by atoms with van der Waals surface area (Å²) in [6.07, 6.45) is 0.0591. The summed E-state index contributed by atoms with van der Waals surface area (Å²) in [5.41, 5.74) is 5.50. The molecule has 0 aliphatic carbocycles. The number of nitrogens with one attached hydrogen (secondary N) is 1. The number of carbonyl (C=O) groups excluding carboxylic acids is 2. The van der Waals surface area contributed by atoms with Crippen LogP contribution in [0.4, 0.5) is 8.78 Å². The summed E-state index contributed by atoms with van der Waals surface area (Å²) in [6, 6.07) is 8.21. The van der Waals surface area contributed by atoms with Gasteiger partial charge in [0, 0.05) is 17.5 Å². The third-order valence-corrected chi connectivity index (χ3v) is 3.58. The molecule has 0 aromatic heterocycles. The van der Waals surface area contributed by atoms with Crippen LogP contribution in [-0.2, 0) is 11.2 Å². The minimum absolute atomic E-state index is 0.0591. The van der Waals surface area contributed by atoms with Crippen molar-refractivity contribution in [3.05, 3.63) is 70.2 Å². The third kappa shape index (κ3) is 4.26. The first-order valence-corrected chi connectivity index (χ1v) is 7.05. The molecule has 3 N–H and O–H groups in total. The van der Waals surface area contributed by atoms with Gasteiger partial charge in [-0.25, -0.2) is 8.78 Å². The first kappa shape index (κ1) is 16.9. The zero-order chi connectivity index (χ0) is 17.0. The molecule has 0 unspecified atom stereocenters. The summed E-state index contributed by atoms with van der Waals surface area (Å²) >= 11 is 6.00. The second-order valence-corrected chi connectivity index (χ2v) is 5.26. The number of hydrogen-bond donors (Lipinski definition) is 2. The van der Waals surface area contributed by atoms with Gasteiger partial charge < -0.3 is 11.1 Å². The fourth-order valence-corrected chi connectivity index (χ4v) is 2.23. The third-order valence-electron chi connectivity index (χ3n) is 3.21. The van der Waals surface area contributed by atoms with E-state index in [1.165, 1.54) is 0 Å². The molecule has 7 heteroatoms. The minimum atomic E-state index is -1.08. The highest BCUT2D eigenvalue weighted by atomic mass is 35.5. The summed E-state index contributed by atoms with van der Waals surface area (Å²) in [6.45, 7) is 0. The number of halogens is 3. The number of amides is 2. The van der Waals surface area contributed by atoms with E-state index < -0.39 is 29.5 Å². The first-order chi connectivity index (χ1) is 10.9. The normalized spacial score (nSPS) is 11.8. The van der Waals surface area contributed by atoms with Gasteiger partial charge in [-0.15, -0.1) is 0 Å². The lowest BCUT2D eigenvalue weighted by atomic mass is 10.0. The van der Waals surface area contributed by atoms with Gasteiger partial charge >= 0.3 is 0 Å². The highest BCUT2D eigenvalue weighted by Gasteiger charge is 2.22. The SMILES string of the molecule is NC(=O)[C@H](Cc1ccccc1Cl)NC(=O)c1ccc(F)cc1F. The summed E-state index contributed by atoms with van der Waals surface area (Å²) in [4.78, 5) is 23.6. The number of primary amides is 1. The van der Waals surface area contributed by atoms with Crippen LogP contribution < -0.4 is 11.1 Å². The largest absolute Gasteiger partial charge is 0.368 e. The molecule has 0 saturated carbocycles. The lowest BCUT2D eigenvalue weighted by Crippen LogP contribution is -2.46. The van der Waals surface area contributed by atoms with Gasteiger partial charge in [-0.05, 0) is 23.8 Å². The molecule has 2 aromatic carbocycles. The van der Waals surface area contributed by atoms with Crippen molar-refractivity contribution >= 4 is 23.4 Å². The van der Waals surface area contributed by atoms with Crippen molar-refractivity contribution in [1.29, 1.82) is 0 Å². The summed E-state index contributed by atoms with van der Waals surface area (Å²) in [7, 11) is 0. The van der Waals surface area contributed by atoms with E-state index in [0.717, 1.165) is 12.1 Å². The van der Waals surface area contributed by atoms with Gasteiger partial charge in [0.2, 0.25) is 5.91 Å². The van der Waals surface area contributed by atoms with E-state index in [4.69, 9.17) is 17.3 Å². The lowest BCUT2D eigenvalue weighted by molar-refractivity contribution is -0.119. The lowest BCUT2D eigenvalue weighted by Gasteiger charge is -2.16. The molecule has 0 spiro atoms. The van der Waals surface area contributed by atoms with Crippen LogP contribution in [0, 0.1) is 11.6 Å². The van der Waals surface area contributed by atoms with Gasteiger partial charge in [-0.2, -0.15) is 0 Å². The number of nitrogens with two attached hydrogens (primary N) is 1. The Hall–Kier alpha value is -2.47. The van der Waals surface area contributed by atoms with Crippen molar-refractivity contribution in [2.45, 2.75) is 12.5 Å². The number of rotatable bonds is 5. The molecule has 0 aliphatic rings. The second-order valence-electron chi connectivity index (χ2n) is 4.85. The van der Waals surface area contributed by atoms with Gasteiger partial charge in [0.15, 0.2) is 0 Å². The van der Waals surface area contributed by atoms with E-state index in [9.17, 15) is 18.4 Å². The quantitative estimate of drug-likeness (QED) is 0.879. The van der Waals surface area contributed by atoms with Gasteiger partial charge in [-0.3, -0.25) is 9.59 Å². The van der Waals surface area contributed by atoms with Crippen LogP contribution in [0.25, 0.3) is 0 Å². The van der Waals surface area contributed by atoms with Crippen molar-refractivity contribution in [1.82, 2.24) is 5.32 Å². The van der Waals surface area contributed by atoms with Gasteiger partial charge in [0.05, 0.1) is 5.56 Å². The Morgan fingerprint density at radius 2 is 1.87 bits per heavy atom. The Morgan fingerprint density at radius 1 is 1.17 bits per heavy atom. The van der Waals surface area contributed by atoms with Crippen molar-refractivity contribution in [3.8, 4) is 0 Å². The van der Waals surface area contributed by atoms with E-state index in [1.54, 1.807) is 24.3 Å². The standard InChI is InChI=1S/C16H13ClF2N2O2/c17-12-4-2-1-3-9(12)7-14(15(20)22)21-16(23)11-6-5-10(18)8-13(11)19/h1-6,8,14H,7H2,(H2,20,22)(H,21,23)/t14-/m0/s1. The molecule has 4 nitrogen and oxygen atoms in total. The minimum Gasteiger partial charge on any atom is -0.368 e. The zero-order valence-corrected chi connectivity index (χ0v) is 12.6. The van der Waals surface area contributed by atoms with Crippen LogP contribution in [0.2, 0.25) is 5.02 Å². The molecule has 0 bridgehead atoms. The van der Waals surface area contributed by atoms with Crippen LogP contribution in [0.15, 0.2) is 42.5 Å². The van der Waals surface area contributed by atoms with Crippen molar-refractivity contribution in [2.75, 3.05) is 0 Å². The molecule has 120 valence electrons. The van der Waals surface area contributed by atoms with Crippen molar-refractivity contribution in [3.63, 3.8) is 0 Å². The average molecular weight is 339 g/mol. The molecular formula is C16H13ClF2N2O2. The van der Waals surface area contributed by atoms with Crippen LogP contribution in [0.3, 0.4) is 0 Å². The van der Waals surface area contributed by atoms with Crippen molar-refractivity contribution in [2.24, 2.45) is 5.73 Å². The Kier molecular flexibility index (Phi) is 5.28.